The molecule has 0 bridgehead atoms. The summed E-state index contributed by atoms with van der Waals surface area (Å²) in [5, 5.41) is 0. The van der Waals surface area contributed by atoms with E-state index < -0.39 is 0 Å². The maximum absolute atomic E-state index is 3.94. The molecule has 0 amide bonds. The number of nitrogens with zero attached hydrogens (tertiary/aromatic N) is 3. The van der Waals surface area contributed by atoms with Gasteiger partial charge in [-0.05, 0) is 20.0 Å². The molecule has 0 radical (unpaired) electrons. The van der Waals surface area contributed by atoms with Crippen molar-refractivity contribution in [2.24, 2.45) is 4.99 Å². The van der Waals surface area contributed by atoms with Crippen molar-refractivity contribution in [3.63, 3.8) is 0 Å². The van der Waals surface area contributed by atoms with Crippen LogP contribution in [0.15, 0.2) is 4.99 Å². The molecule has 0 saturated carbocycles. The van der Waals surface area contributed by atoms with Gasteiger partial charge in [0.25, 0.3) is 0 Å². The van der Waals surface area contributed by atoms with Gasteiger partial charge in [-0.2, -0.15) is 0 Å². The van der Waals surface area contributed by atoms with Crippen molar-refractivity contribution in [3.8, 4) is 0 Å². The van der Waals surface area contributed by atoms with Gasteiger partial charge in [0.2, 0.25) is 0 Å². The summed E-state index contributed by atoms with van der Waals surface area (Å²) < 4.78 is 0. The van der Waals surface area contributed by atoms with Crippen LogP contribution in [0.3, 0.4) is 0 Å². The molecular formula is C9H21N3. The quantitative estimate of drug-likeness (QED) is 0.437. The van der Waals surface area contributed by atoms with E-state index >= 15 is 0 Å². The smallest absolute Gasteiger partial charge is 0.0844 e. The molecular weight excluding hydrogens is 150 g/mol. The molecule has 3 nitrogen and oxygen atoms in total. The molecule has 0 fully saturated rings. The summed E-state index contributed by atoms with van der Waals surface area (Å²) in [6.45, 7) is 5.54. The van der Waals surface area contributed by atoms with Crippen LogP contribution in [0.1, 0.15) is 13.3 Å². The van der Waals surface area contributed by atoms with Gasteiger partial charge in [0.05, 0.1) is 6.34 Å². The molecule has 12 heavy (non-hydrogen) atoms. The fourth-order valence-electron chi connectivity index (χ4n) is 1.08. The van der Waals surface area contributed by atoms with Crippen LogP contribution in [0.25, 0.3) is 0 Å². The Morgan fingerprint density at radius 2 is 1.83 bits per heavy atom. The van der Waals surface area contributed by atoms with E-state index in [4.69, 9.17) is 0 Å². The largest absolute Gasteiger partial charge is 0.365 e. The van der Waals surface area contributed by atoms with Gasteiger partial charge in [0.1, 0.15) is 0 Å². The van der Waals surface area contributed by atoms with Crippen molar-refractivity contribution < 1.29 is 0 Å². The lowest BCUT2D eigenvalue weighted by Crippen LogP contribution is -2.30. The van der Waals surface area contributed by atoms with Crippen molar-refractivity contribution in [3.05, 3.63) is 0 Å². The summed E-state index contributed by atoms with van der Waals surface area (Å²) in [5.41, 5.74) is 0. The van der Waals surface area contributed by atoms with Crippen LogP contribution in [-0.2, 0) is 0 Å². The minimum atomic E-state index is 1.05. The average Bonchev–Trinajstić information content (AvgIpc) is 2.02. The number of aliphatic imine (C=N–C) groups is 1. The third kappa shape index (κ3) is 6.16. The zero-order valence-corrected chi connectivity index (χ0v) is 8.75. The molecule has 0 heterocycles. The topological polar surface area (TPSA) is 18.8 Å². The summed E-state index contributed by atoms with van der Waals surface area (Å²) in [4.78, 5) is 8.38. The fourth-order valence-corrected chi connectivity index (χ4v) is 1.08. The molecule has 0 unspecified atom stereocenters. The second-order valence-corrected chi connectivity index (χ2v) is 3.16. The van der Waals surface area contributed by atoms with Crippen LogP contribution in [0.4, 0.5) is 0 Å². The molecule has 0 aromatic rings. The highest BCUT2D eigenvalue weighted by Gasteiger charge is 1.96. The molecule has 0 aliphatic rings. The van der Waals surface area contributed by atoms with E-state index in [1.165, 1.54) is 13.0 Å². The highest BCUT2D eigenvalue weighted by Crippen LogP contribution is 1.86. The molecule has 0 rings (SSSR count). The lowest BCUT2D eigenvalue weighted by Gasteiger charge is -2.19. The summed E-state index contributed by atoms with van der Waals surface area (Å²) in [6, 6.07) is 0. The van der Waals surface area contributed by atoms with Gasteiger partial charge in [-0.25, -0.2) is 0 Å². The number of hydrogen-bond acceptors (Lipinski definition) is 2. The van der Waals surface area contributed by atoms with Gasteiger partial charge in [0, 0.05) is 27.2 Å². The molecule has 0 atom stereocenters. The second-order valence-electron chi connectivity index (χ2n) is 3.16. The predicted molar refractivity (Wildman–Crippen MR) is 54.8 cm³/mol. The van der Waals surface area contributed by atoms with E-state index in [2.05, 4.69) is 28.8 Å². The van der Waals surface area contributed by atoms with E-state index in [0.717, 1.165) is 13.1 Å². The number of rotatable bonds is 6. The van der Waals surface area contributed by atoms with Crippen molar-refractivity contribution in [2.75, 3.05) is 40.8 Å². The standard InChI is InChI=1S/C9H21N3/c1-5-6-11(3)7-8-12(4)9-10-2/h9H,5-8H2,1-4H3. The molecule has 0 aliphatic heterocycles. The molecule has 72 valence electrons. The molecule has 0 aromatic carbocycles. The van der Waals surface area contributed by atoms with E-state index in [1.807, 2.05) is 13.4 Å². The molecule has 0 aromatic heterocycles. The molecule has 0 N–H and O–H groups in total. The van der Waals surface area contributed by atoms with Crippen LogP contribution >= 0.6 is 0 Å². The Labute approximate surface area is 76.1 Å². The Morgan fingerprint density at radius 3 is 2.33 bits per heavy atom. The number of likely N-dealkylation sites (N-methyl/N-ethyl adjacent to an activating group) is 2. The van der Waals surface area contributed by atoms with Gasteiger partial charge in [-0.1, -0.05) is 6.92 Å². The molecule has 3 heteroatoms. The minimum absolute atomic E-state index is 1.05. The van der Waals surface area contributed by atoms with Gasteiger partial charge < -0.3 is 9.80 Å². The summed E-state index contributed by atoms with van der Waals surface area (Å²) in [7, 11) is 6.00. The van der Waals surface area contributed by atoms with Crippen LogP contribution < -0.4 is 0 Å². The molecule has 0 aliphatic carbocycles. The van der Waals surface area contributed by atoms with Crippen LogP contribution in [0, 0.1) is 0 Å². The normalized spacial score (nSPS) is 11.4. The highest BCUT2D eigenvalue weighted by atomic mass is 15.2. The van der Waals surface area contributed by atoms with Crippen molar-refractivity contribution in [1.82, 2.24) is 9.80 Å². The van der Waals surface area contributed by atoms with Gasteiger partial charge in [-0.3, -0.25) is 4.99 Å². The van der Waals surface area contributed by atoms with Crippen LogP contribution in [0.5, 0.6) is 0 Å². The molecule has 0 spiro atoms. The molecule has 0 saturated heterocycles. The van der Waals surface area contributed by atoms with E-state index in [0.29, 0.717) is 0 Å². The maximum Gasteiger partial charge on any atom is 0.0844 e. The highest BCUT2D eigenvalue weighted by molar-refractivity contribution is 5.53. The van der Waals surface area contributed by atoms with Gasteiger partial charge in [0.15, 0.2) is 0 Å². The second kappa shape index (κ2) is 7.10. The third-order valence-corrected chi connectivity index (χ3v) is 1.75. The predicted octanol–water partition coefficient (Wildman–Crippen LogP) is 0.918. The van der Waals surface area contributed by atoms with E-state index in [1.54, 1.807) is 7.05 Å². The lowest BCUT2D eigenvalue weighted by molar-refractivity contribution is 0.307. The van der Waals surface area contributed by atoms with Crippen molar-refractivity contribution in [1.29, 1.82) is 0 Å². The Hall–Kier alpha value is -0.570. The van der Waals surface area contributed by atoms with Crippen LogP contribution in [-0.4, -0.2) is 56.9 Å². The Bertz CT molecular complexity index is 123. The monoisotopic (exact) mass is 171 g/mol. The summed E-state index contributed by atoms with van der Waals surface area (Å²) >= 11 is 0. The Morgan fingerprint density at radius 1 is 1.17 bits per heavy atom. The van der Waals surface area contributed by atoms with Crippen molar-refractivity contribution >= 4 is 6.34 Å². The first-order valence-electron chi connectivity index (χ1n) is 4.51. The zero-order chi connectivity index (χ0) is 9.40. The van der Waals surface area contributed by atoms with E-state index in [-0.39, 0.29) is 0 Å². The number of hydrogen-bond donors (Lipinski definition) is 0. The summed E-state index contributed by atoms with van der Waals surface area (Å²) in [5.74, 6) is 0. The third-order valence-electron chi connectivity index (χ3n) is 1.75. The van der Waals surface area contributed by atoms with Crippen LogP contribution in [0.2, 0.25) is 0 Å². The van der Waals surface area contributed by atoms with Crippen molar-refractivity contribution in [2.45, 2.75) is 13.3 Å². The Kier molecular flexibility index (Phi) is 6.76. The Balaban J connectivity index is 3.39. The SMILES string of the molecule is CCCN(C)CCN(C)C=NC. The average molecular weight is 171 g/mol. The maximum atomic E-state index is 3.94. The fraction of sp³-hybridized carbons (Fsp3) is 0.889. The minimum Gasteiger partial charge on any atom is -0.365 e. The first kappa shape index (κ1) is 11.4. The first-order chi connectivity index (χ1) is 5.70. The summed E-state index contributed by atoms with van der Waals surface area (Å²) in [6.07, 6.45) is 3.09. The first-order valence-corrected chi connectivity index (χ1v) is 4.51. The van der Waals surface area contributed by atoms with Gasteiger partial charge >= 0.3 is 0 Å². The zero-order valence-electron chi connectivity index (χ0n) is 8.75. The van der Waals surface area contributed by atoms with E-state index in [9.17, 15) is 0 Å². The van der Waals surface area contributed by atoms with Gasteiger partial charge in [-0.15, -0.1) is 0 Å². The lowest BCUT2D eigenvalue weighted by atomic mass is 10.4.